The van der Waals surface area contributed by atoms with Crippen molar-refractivity contribution in [2.45, 2.75) is 51.2 Å². The Balaban J connectivity index is 1.15. The zero-order valence-corrected chi connectivity index (χ0v) is 21.1. The maximum atomic E-state index is 5.57. The monoisotopic (exact) mass is 482 g/mol. The highest BCUT2D eigenvalue weighted by Gasteiger charge is 2.58. The van der Waals surface area contributed by atoms with Crippen LogP contribution in [0.1, 0.15) is 50.0 Å². The van der Waals surface area contributed by atoms with Crippen molar-refractivity contribution in [1.82, 2.24) is 29.2 Å². The van der Waals surface area contributed by atoms with Crippen molar-refractivity contribution in [1.29, 1.82) is 0 Å². The first-order valence-corrected chi connectivity index (χ1v) is 13.4. The standard InChI is InChI=1S/C29H34N6O/c1-19(2)35-28(29-23-14-22(15-24(23)29)33-9-11-36-12-10-33)16-26(32-35)20-13-27-25(31-17-20)6-8-34(27)18-21-5-3-4-7-30-21/h3-8,13,16-17,19,22-24,29H,9-12,14-15,18H2,1-2H3/t22?,23-,24+,29?. The Morgan fingerprint density at radius 3 is 2.61 bits per heavy atom. The molecule has 4 aromatic heterocycles. The van der Waals surface area contributed by atoms with Gasteiger partial charge in [0.1, 0.15) is 0 Å². The van der Waals surface area contributed by atoms with Gasteiger partial charge in [-0.15, -0.1) is 0 Å². The Labute approximate surface area is 212 Å². The minimum atomic E-state index is 0.342. The fourth-order valence-electron chi connectivity index (χ4n) is 6.71. The predicted molar refractivity (Wildman–Crippen MR) is 140 cm³/mol. The molecule has 7 rings (SSSR count). The molecule has 4 atom stereocenters. The van der Waals surface area contributed by atoms with Crippen molar-refractivity contribution >= 4 is 11.0 Å². The molecule has 0 spiro atoms. The number of pyridine rings is 2. The van der Waals surface area contributed by atoms with Crippen molar-refractivity contribution in [2.75, 3.05) is 26.3 Å². The third-order valence-electron chi connectivity index (χ3n) is 8.55. The maximum Gasteiger partial charge on any atom is 0.0942 e. The molecule has 1 saturated heterocycles. The van der Waals surface area contributed by atoms with E-state index < -0.39 is 0 Å². The number of ether oxygens (including phenoxy) is 1. The van der Waals surface area contributed by atoms with E-state index in [-0.39, 0.29) is 0 Å². The Bertz CT molecular complexity index is 1360. The average molecular weight is 483 g/mol. The minimum absolute atomic E-state index is 0.342. The van der Waals surface area contributed by atoms with Crippen LogP contribution < -0.4 is 0 Å². The number of rotatable bonds is 6. The number of morpholine rings is 1. The fourth-order valence-corrected chi connectivity index (χ4v) is 6.71. The van der Waals surface area contributed by atoms with E-state index in [0.29, 0.717) is 12.0 Å². The second-order valence-corrected chi connectivity index (χ2v) is 11.0. The molecule has 0 aromatic carbocycles. The van der Waals surface area contributed by atoms with Gasteiger partial charge >= 0.3 is 0 Å². The van der Waals surface area contributed by atoms with Crippen LogP contribution in [0.25, 0.3) is 22.3 Å². The highest BCUT2D eigenvalue weighted by Crippen LogP contribution is 2.64. The summed E-state index contributed by atoms with van der Waals surface area (Å²) in [5, 5.41) is 5.11. The van der Waals surface area contributed by atoms with Crippen LogP contribution in [0.15, 0.2) is 55.0 Å². The van der Waals surface area contributed by atoms with Gasteiger partial charge in [0.2, 0.25) is 0 Å². The lowest BCUT2D eigenvalue weighted by Gasteiger charge is -2.33. The first kappa shape index (κ1) is 22.2. The van der Waals surface area contributed by atoms with Crippen LogP contribution in [-0.2, 0) is 11.3 Å². The zero-order chi connectivity index (χ0) is 24.2. The van der Waals surface area contributed by atoms with E-state index in [4.69, 9.17) is 14.8 Å². The van der Waals surface area contributed by atoms with E-state index in [1.165, 1.54) is 18.5 Å². The molecule has 7 nitrogen and oxygen atoms in total. The Hall–Kier alpha value is -3.03. The first-order valence-electron chi connectivity index (χ1n) is 13.4. The molecule has 186 valence electrons. The molecule has 0 N–H and O–H groups in total. The first-order chi connectivity index (χ1) is 17.7. The normalized spacial score (nSPS) is 26.1. The van der Waals surface area contributed by atoms with Gasteiger partial charge in [-0.1, -0.05) is 6.07 Å². The molecule has 36 heavy (non-hydrogen) atoms. The molecule has 7 heteroatoms. The zero-order valence-electron chi connectivity index (χ0n) is 21.1. The van der Waals surface area contributed by atoms with Crippen molar-refractivity contribution in [3.63, 3.8) is 0 Å². The van der Waals surface area contributed by atoms with Crippen molar-refractivity contribution in [3.8, 4) is 11.3 Å². The number of hydrogen-bond donors (Lipinski definition) is 0. The largest absolute Gasteiger partial charge is 0.379 e. The highest BCUT2D eigenvalue weighted by molar-refractivity contribution is 5.80. The summed E-state index contributed by atoms with van der Waals surface area (Å²) in [5.74, 6) is 2.25. The lowest BCUT2D eigenvalue weighted by Crippen LogP contribution is -2.43. The van der Waals surface area contributed by atoms with Gasteiger partial charge in [0.05, 0.1) is 42.2 Å². The van der Waals surface area contributed by atoms with Crippen LogP contribution in [-0.4, -0.2) is 61.6 Å². The van der Waals surface area contributed by atoms with Gasteiger partial charge in [-0.3, -0.25) is 19.5 Å². The van der Waals surface area contributed by atoms with Crippen LogP contribution in [0.4, 0.5) is 0 Å². The summed E-state index contributed by atoms with van der Waals surface area (Å²) in [5.41, 5.74) is 6.70. The summed E-state index contributed by atoms with van der Waals surface area (Å²) in [6.45, 7) is 9.20. The Morgan fingerprint density at radius 1 is 1.03 bits per heavy atom. The van der Waals surface area contributed by atoms with Gasteiger partial charge in [-0.25, -0.2) is 0 Å². The number of nitrogens with zero attached hydrogens (tertiary/aromatic N) is 6. The van der Waals surface area contributed by atoms with Crippen molar-refractivity contribution in [3.05, 3.63) is 66.4 Å². The minimum Gasteiger partial charge on any atom is -0.379 e. The van der Waals surface area contributed by atoms with Gasteiger partial charge in [-0.05, 0) is 68.9 Å². The second kappa shape index (κ2) is 8.82. The molecule has 3 fully saturated rings. The third kappa shape index (κ3) is 3.85. The number of aromatic nitrogens is 5. The van der Waals surface area contributed by atoms with Crippen molar-refractivity contribution in [2.24, 2.45) is 11.8 Å². The molecule has 0 amide bonds. The number of fused-ring (bicyclic) bond motifs is 2. The quantitative estimate of drug-likeness (QED) is 0.397. The molecular formula is C29H34N6O. The van der Waals surface area contributed by atoms with E-state index in [2.05, 4.69) is 63.4 Å². The second-order valence-electron chi connectivity index (χ2n) is 11.0. The molecule has 0 bridgehead atoms. The molecule has 2 aliphatic carbocycles. The van der Waals surface area contributed by atoms with E-state index in [1.807, 2.05) is 24.5 Å². The molecule has 2 unspecified atom stereocenters. The van der Waals surface area contributed by atoms with Gasteiger partial charge in [-0.2, -0.15) is 5.10 Å². The van der Waals surface area contributed by atoms with E-state index >= 15 is 0 Å². The van der Waals surface area contributed by atoms with E-state index in [0.717, 1.165) is 78.7 Å². The molecule has 3 aliphatic rings. The molecular weight excluding hydrogens is 448 g/mol. The topological polar surface area (TPSA) is 61.0 Å². The maximum absolute atomic E-state index is 5.57. The number of hydrogen-bond acceptors (Lipinski definition) is 5. The van der Waals surface area contributed by atoms with Crippen LogP contribution in [0.3, 0.4) is 0 Å². The molecule has 1 aliphatic heterocycles. The van der Waals surface area contributed by atoms with Crippen molar-refractivity contribution < 1.29 is 4.74 Å². The summed E-state index contributed by atoms with van der Waals surface area (Å²) in [4.78, 5) is 11.9. The average Bonchev–Trinajstić information content (AvgIpc) is 3.32. The highest BCUT2D eigenvalue weighted by atomic mass is 16.5. The van der Waals surface area contributed by atoms with Gasteiger partial charge in [0.15, 0.2) is 0 Å². The van der Waals surface area contributed by atoms with Crippen LogP contribution in [0, 0.1) is 11.8 Å². The SMILES string of the molecule is CC(C)n1nc(-c2cnc3ccn(Cc4ccccn4)c3c2)cc1C1[C@H]2CC(N3CCOCC3)C[C@@H]12. The summed E-state index contributed by atoms with van der Waals surface area (Å²) in [6, 6.07) is 13.8. The summed E-state index contributed by atoms with van der Waals surface area (Å²) < 4.78 is 10.1. The summed E-state index contributed by atoms with van der Waals surface area (Å²) in [7, 11) is 0. The van der Waals surface area contributed by atoms with Gasteiger partial charge in [0, 0.05) is 60.9 Å². The summed E-state index contributed by atoms with van der Waals surface area (Å²) >= 11 is 0. The lowest BCUT2D eigenvalue weighted by molar-refractivity contribution is 0.0151. The molecule has 4 aromatic rings. The smallest absolute Gasteiger partial charge is 0.0942 e. The fraction of sp³-hybridized carbons (Fsp3) is 0.483. The molecule has 5 heterocycles. The van der Waals surface area contributed by atoms with Gasteiger partial charge in [0.25, 0.3) is 0 Å². The van der Waals surface area contributed by atoms with E-state index in [1.54, 1.807) is 0 Å². The molecule has 0 radical (unpaired) electrons. The lowest BCUT2D eigenvalue weighted by atomic mass is 10.0. The molecule has 2 saturated carbocycles. The summed E-state index contributed by atoms with van der Waals surface area (Å²) in [6.07, 6.45) is 8.57. The van der Waals surface area contributed by atoms with Crippen LogP contribution in [0.2, 0.25) is 0 Å². The Morgan fingerprint density at radius 2 is 1.86 bits per heavy atom. The predicted octanol–water partition coefficient (Wildman–Crippen LogP) is 4.75. The van der Waals surface area contributed by atoms with Crippen LogP contribution >= 0.6 is 0 Å². The van der Waals surface area contributed by atoms with E-state index in [9.17, 15) is 0 Å². The van der Waals surface area contributed by atoms with Crippen LogP contribution in [0.5, 0.6) is 0 Å². The third-order valence-corrected chi connectivity index (χ3v) is 8.55. The Kier molecular flexibility index (Phi) is 5.44. The van der Waals surface area contributed by atoms with Gasteiger partial charge < -0.3 is 9.30 Å².